The second-order valence-corrected chi connectivity index (χ2v) is 8.29. The average Bonchev–Trinajstić information content (AvgIpc) is 2.60. The average molecular weight is 369 g/mol. The molecule has 0 saturated carbocycles. The standard InChI is InChI=1S/C17H27N3O4S/c1-13-5-7-15(8-6-13)25(22,23)19-10-14-4-3-9-20(11-14)17(21)16(18)12-24-2/h5-8,14,16,19H,3-4,9-12,18H2,1-2H3. The molecule has 0 aliphatic carbocycles. The molecule has 3 N–H and O–H groups in total. The van der Waals surface area contributed by atoms with E-state index in [1.165, 1.54) is 7.11 Å². The number of carbonyl (C=O) groups excluding carboxylic acids is 1. The number of nitrogens with one attached hydrogen (secondary N) is 1. The van der Waals surface area contributed by atoms with E-state index in [2.05, 4.69) is 4.72 Å². The van der Waals surface area contributed by atoms with Gasteiger partial charge in [-0.15, -0.1) is 0 Å². The van der Waals surface area contributed by atoms with Crippen molar-refractivity contribution < 1.29 is 17.9 Å². The number of likely N-dealkylation sites (tertiary alicyclic amines) is 1. The number of sulfonamides is 1. The molecule has 1 heterocycles. The number of nitrogens with two attached hydrogens (primary N) is 1. The van der Waals surface area contributed by atoms with Gasteiger partial charge in [-0.2, -0.15) is 0 Å². The minimum absolute atomic E-state index is 0.0765. The summed E-state index contributed by atoms with van der Waals surface area (Å²) >= 11 is 0. The van der Waals surface area contributed by atoms with E-state index < -0.39 is 16.1 Å². The molecule has 140 valence electrons. The smallest absolute Gasteiger partial charge is 0.241 e. The monoisotopic (exact) mass is 369 g/mol. The lowest BCUT2D eigenvalue weighted by Gasteiger charge is -2.34. The zero-order chi connectivity index (χ0) is 18.4. The molecule has 1 aromatic carbocycles. The number of methoxy groups -OCH3 is 1. The highest BCUT2D eigenvalue weighted by Gasteiger charge is 2.28. The van der Waals surface area contributed by atoms with Crippen molar-refractivity contribution in [3.63, 3.8) is 0 Å². The number of hydrogen-bond acceptors (Lipinski definition) is 5. The molecule has 1 saturated heterocycles. The quantitative estimate of drug-likeness (QED) is 0.728. The molecule has 1 aliphatic heterocycles. The van der Waals surface area contributed by atoms with Crippen LogP contribution in [0.5, 0.6) is 0 Å². The zero-order valence-electron chi connectivity index (χ0n) is 14.8. The van der Waals surface area contributed by atoms with Crippen molar-refractivity contribution in [2.45, 2.75) is 30.7 Å². The fourth-order valence-electron chi connectivity index (χ4n) is 2.95. The molecule has 0 radical (unpaired) electrons. The number of ether oxygens (including phenoxy) is 1. The van der Waals surface area contributed by atoms with Crippen LogP contribution in [0.4, 0.5) is 0 Å². The van der Waals surface area contributed by atoms with E-state index in [4.69, 9.17) is 10.5 Å². The van der Waals surface area contributed by atoms with Gasteiger partial charge in [0.05, 0.1) is 11.5 Å². The normalized spacial score (nSPS) is 19.6. The van der Waals surface area contributed by atoms with Crippen molar-refractivity contribution in [2.24, 2.45) is 11.7 Å². The number of piperidine rings is 1. The van der Waals surface area contributed by atoms with Crippen molar-refractivity contribution in [3.8, 4) is 0 Å². The van der Waals surface area contributed by atoms with Crippen LogP contribution < -0.4 is 10.5 Å². The van der Waals surface area contributed by atoms with Crippen LogP contribution in [-0.2, 0) is 19.6 Å². The van der Waals surface area contributed by atoms with E-state index in [-0.39, 0.29) is 23.3 Å². The molecule has 25 heavy (non-hydrogen) atoms. The van der Waals surface area contributed by atoms with Crippen LogP contribution in [0.1, 0.15) is 18.4 Å². The molecule has 2 rings (SSSR count). The maximum atomic E-state index is 12.4. The third kappa shape index (κ3) is 5.50. The summed E-state index contributed by atoms with van der Waals surface area (Å²) in [6.45, 7) is 3.55. The van der Waals surface area contributed by atoms with Crippen LogP contribution in [0.2, 0.25) is 0 Å². The van der Waals surface area contributed by atoms with Gasteiger partial charge in [-0.3, -0.25) is 4.79 Å². The van der Waals surface area contributed by atoms with Gasteiger partial charge in [0, 0.05) is 26.7 Å². The van der Waals surface area contributed by atoms with Gasteiger partial charge in [-0.1, -0.05) is 17.7 Å². The van der Waals surface area contributed by atoms with Crippen molar-refractivity contribution in [1.82, 2.24) is 9.62 Å². The van der Waals surface area contributed by atoms with Crippen LogP contribution in [0.3, 0.4) is 0 Å². The summed E-state index contributed by atoms with van der Waals surface area (Å²) in [4.78, 5) is 14.2. The zero-order valence-corrected chi connectivity index (χ0v) is 15.6. The van der Waals surface area contributed by atoms with Crippen LogP contribution in [-0.4, -0.2) is 58.6 Å². The number of hydrogen-bond donors (Lipinski definition) is 2. The van der Waals surface area contributed by atoms with Gasteiger partial charge in [0.2, 0.25) is 15.9 Å². The third-order valence-corrected chi connectivity index (χ3v) is 5.83. The Bertz CT molecular complexity index is 676. The predicted octanol–water partition coefficient (Wildman–Crippen LogP) is 0.486. The Morgan fingerprint density at radius 1 is 1.40 bits per heavy atom. The molecule has 1 fully saturated rings. The number of nitrogens with zero attached hydrogens (tertiary/aromatic N) is 1. The van der Waals surface area contributed by atoms with Gasteiger partial charge in [0.15, 0.2) is 0 Å². The highest BCUT2D eigenvalue weighted by Crippen LogP contribution is 2.18. The first-order chi connectivity index (χ1) is 11.8. The number of rotatable bonds is 7. The Hall–Kier alpha value is -1.48. The molecule has 1 aromatic rings. The lowest BCUT2D eigenvalue weighted by molar-refractivity contribution is -0.135. The van der Waals surface area contributed by atoms with Crippen molar-refractivity contribution in [3.05, 3.63) is 29.8 Å². The molecule has 1 amide bonds. The van der Waals surface area contributed by atoms with Crippen molar-refractivity contribution in [1.29, 1.82) is 0 Å². The first kappa shape index (κ1) is 19.8. The van der Waals surface area contributed by atoms with E-state index in [1.54, 1.807) is 29.2 Å². The summed E-state index contributed by atoms with van der Waals surface area (Å²) in [6, 6.07) is 6.06. The van der Waals surface area contributed by atoms with Gasteiger partial charge in [-0.25, -0.2) is 13.1 Å². The summed E-state index contributed by atoms with van der Waals surface area (Å²) in [5.41, 5.74) is 6.81. The van der Waals surface area contributed by atoms with Crippen LogP contribution >= 0.6 is 0 Å². The third-order valence-electron chi connectivity index (χ3n) is 4.39. The highest BCUT2D eigenvalue weighted by molar-refractivity contribution is 7.89. The predicted molar refractivity (Wildman–Crippen MR) is 95.5 cm³/mol. The maximum absolute atomic E-state index is 12.4. The summed E-state index contributed by atoms with van der Waals surface area (Å²) in [6.07, 6.45) is 1.71. The van der Waals surface area contributed by atoms with Gasteiger partial charge < -0.3 is 15.4 Å². The molecular formula is C17H27N3O4S. The van der Waals surface area contributed by atoms with Gasteiger partial charge >= 0.3 is 0 Å². The second kappa shape index (κ2) is 8.75. The maximum Gasteiger partial charge on any atom is 0.241 e. The Labute approximate surface area is 149 Å². The molecule has 2 atom stereocenters. The van der Waals surface area contributed by atoms with Gasteiger partial charge in [0.25, 0.3) is 0 Å². The Morgan fingerprint density at radius 2 is 2.08 bits per heavy atom. The van der Waals surface area contributed by atoms with Crippen LogP contribution in [0.25, 0.3) is 0 Å². The van der Waals surface area contributed by atoms with E-state index in [1.807, 2.05) is 6.92 Å². The van der Waals surface area contributed by atoms with E-state index in [0.29, 0.717) is 19.6 Å². The fourth-order valence-corrected chi connectivity index (χ4v) is 4.06. The molecule has 2 unspecified atom stereocenters. The summed E-state index contributed by atoms with van der Waals surface area (Å²) in [5, 5.41) is 0. The van der Waals surface area contributed by atoms with E-state index in [0.717, 1.165) is 18.4 Å². The molecule has 7 nitrogen and oxygen atoms in total. The molecule has 1 aliphatic rings. The largest absolute Gasteiger partial charge is 0.383 e. The lowest BCUT2D eigenvalue weighted by Crippen LogP contribution is -2.51. The Balaban J connectivity index is 1.92. The first-order valence-corrected chi connectivity index (χ1v) is 9.91. The Kier molecular flexibility index (Phi) is 6.95. The lowest BCUT2D eigenvalue weighted by atomic mass is 9.98. The summed E-state index contributed by atoms with van der Waals surface area (Å²) < 4.78 is 32.3. The Morgan fingerprint density at radius 3 is 2.72 bits per heavy atom. The number of aryl methyl sites for hydroxylation is 1. The minimum atomic E-state index is -3.54. The number of benzene rings is 1. The first-order valence-electron chi connectivity index (χ1n) is 8.43. The molecule has 0 bridgehead atoms. The van der Waals surface area contributed by atoms with E-state index in [9.17, 15) is 13.2 Å². The number of amides is 1. The molecule has 0 aromatic heterocycles. The molecule has 0 spiro atoms. The van der Waals surface area contributed by atoms with Crippen molar-refractivity contribution >= 4 is 15.9 Å². The van der Waals surface area contributed by atoms with Crippen LogP contribution in [0.15, 0.2) is 29.2 Å². The van der Waals surface area contributed by atoms with Crippen LogP contribution in [0, 0.1) is 12.8 Å². The SMILES string of the molecule is COCC(N)C(=O)N1CCCC(CNS(=O)(=O)c2ccc(C)cc2)C1. The molecule has 8 heteroatoms. The van der Waals surface area contributed by atoms with Crippen molar-refractivity contribution in [2.75, 3.05) is 33.4 Å². The minimum Gasteiger partial charge on any atom is -0.383 e. The highest BCUT2D eigenvalue weighted by atomic mass is 32.2. The summed E-state index contributed by atoms with van der Waals surface area (Å²) in [7, 11) is -2.03. The van der Waals surface area contributed by atoms with Gasteiger partial charge in [0.1, 0.15) is 6.04 Å². The fraction of sp³-hybridized carbons (Fsp3) is 0.588. The van der Waals surface area contributed by atoms with E-state index >= 15 is 0 Å². The second-order valence-electron chi connectivity index (χ2n) is 6.52. The summed E-state index contributed by atoms with van der Waals surface area (Å²) in [5.74, 6) is -0.0689. The topological polar surface area (TPSA) is 102 Å². The number of carbonyl (C=O) groups is 1. The van der Waals surface area contributed by atoms with Gasteiger partial charge in [-0.05, 0) is 37.8 Å². The molecular weight excluding hydrogens is 342 g/mol.